The molecule has 0 amide bonds. The highest BCUT2D eigenvalue weighted by atomic mass is 31.2. The zero-order valence-corrected chi connectivity index (χ0v) is 18.7. The maximum atomic E-state index is 13.9. The number of carbonyl (C=O) groups is 1. The third kappa shape index (κ3) is 4.61. The van der Waals surface area contributed by atoms with Gasteiger partial charge in [-0.25, -0.2) is 0 Å². The van der Waals surface area contributed by atoms with E-state index in [-0.39, 0.29) is 19.8 Å². The van der Waals surface area contributed by atoms with E-state index in [1.54, 1.807) is 20.8 Å². The van der Waals surface area contributed by atoms with Crippen LogP contribution < -0.4 is 4.90 Å². The molecule has 2 atom stereocenters. The van der Waals surface area contributed by atoms with E-state index in [0.29, 0.717) is 6.54 Å². The predicted molar refractivity (Wildman–Crippen MR) is 118 cm³/mol. The van der Waals surface area contributed by atoms with E-state index < -0.39 is 25.3 Å². The third-order valence-electron chi connectivity index (χ3n) is 5.21. The van der Waals surface area contributed by atoms with Crippen molar-refractivity contribution in [3.8, 4) is 0 Å². The van der Waals surface area contributed by atoms with Crippen molar-refractivity contribution in [2.24, 2.45) is 0 Å². The molecule has 0 bridgehead atoms. The van der Waals surface area contributed by atoms with E-state index in [0.717, 1.165) is 23.2 Å². The number of benzene rings is 2. The van der Waals surface area contributed by atoms with Gasteiger partial charge in [0.25, 0.3) is 0 Å². The summed E-state index contributed by atoms with van der Waals surface area (Å²) in [7, 11) is -3.81. The summed E-state index contributed by atoms with van der Waals surface area (Å²) in [4.78, 5) is 15.4. The molecule has 1 aliphatic heterocycles. The molecular formula is C23H30NO5P. The fraction of sp³-hybridized carbons (Fsp3) is 0.435. The summed E-state index contributed by atoms with van der Waals surface area (Å²) in [5.74, 6) is -0.564. The van der Waals surface area contributed by atoms with Gasteiger partial charge in [0.1, 0.15) is 0 Å². The lowest BCUT2D eigenvalue weighted by molar-refractivity contribution is -0.143. The highest BCUT2D eigenvalue weighted by molar-refractivity contribution is 7.55. The Bertz CT molecular complexity index is 878. The van der Waals surface area contributed by atoms with Crippen molar-refractivity contribution < 1.29 is 23.1 Å². The van der Waals surface area contributed by atoms with Crippen LogP contribution in [-0.2, 0) is 29.6 Å². The van der Waals surface area contributed by atoms with Gasteiger partial charge >= 0.3 is 13.6 Å². The van der Waals surface area contributed by atoms with Crippen molar-refractivity contribution in [2.45, 2.75) is 38.9 Å². The van der Waals surface area contributed by atoms with Gasteiger partial charge in [-0.3, -0.25) is 9.36 Å². The van der Waals surface area contributed by atoms with Crippen LogP contribution in [0.3, 0.4) is 0 Å². The quantitative estimate of drug-likeness (QED) is 0.412. The largest absolute Gasteiger partial charge is 0.465 e. The molecular weight excluding hydrogens is 401 g/mol. The molecule has 162 valence electrons. The molecule has 2 unspecified atom stereocenters. The van der Waals surface area contributed by atoms with Gasteiger partial charge in [-0.1, -0.05) is 42.5 Å². The Kier molecular flexibility index (Phi) is 7.70. The maximum Gasteiger partial charge on any atom is 0.347 e. The summed E-state index contributed by atoms with van der Waals surface area (Å²) in [5.41, 5.74) is 1.93. The fourth-order valence-electron chi connectivity index (χ4n) is 4.06. The number of fused-ring (bicyclic) bond motifs is 1. The molecule has 7 heteroatoms. The first-order chi connectivity index (χ1) is 14.6. The summed E-state index contributed by atoms with van der Waals surface area (Å²) in [6.45, 7) is 6.45. The average Bonchev–Trinajstić information content (AvgIpc) is 2.75. The molecule has 3 rings (SSSR count). The summed E-state index contributed by atoms with van der Waals surface area (Å²) in [6.07, 6.45) is 0.824. The standard InChI is InChI=1S/C23H30NO5P/c1-4-27-23(25)22(30(26,28-5-2)29-6-3)21-20-15-11-10-12-18(20)16-17-24(21)19-13-8-7-9-14-19/h7-15,21-22H,4-6,16-17H2,1-3H3. The number of nitrogens with zero attached hydrogens (tertiary/aromatic N) is 1. The molecule has 0 spiro atoms. The first-order valence-corrected chi connectivity index (χ1v) is 12.1. The van der Waals surface area contributed by atoms with Gasteiger partial charge in [-0.2, -0.15) is 0 Å². The molecule has 2 aromatic rings. The Morgan fingerprint density at radius 2 is 1.63 bits per heavy atom. The van der Waals surface area contributed by atoms with E-state index in [2.05, 4.69) is 11.0 Å². The highest BCUT2D eigenvalue weighted by Gasteiger charge is 2.51. The Labute approximate surface area is 178 Å². The van der Waals surface area contributed by atoms with Crippen LogP contribution in [0.4, 0.5) is 5.69 Å². The second kappa shape index (κ2) is 10.3. The second-order valence-corrected chi connectivity index (χ2v) is 9.15. The Balaban J connectivity index is 2.19. The number of esters is 1. The molecule has 0 saturated carbocycles. The molecule has 1 heterocycles. The van der Waals surface area contributed by atoms with Crippen molar-refractivity contribution in [3.63, 3.8) is 0 Å². The minimum absolute atomic E-state index is 0.173. The van der Waals surface area contributed by atoms with Crippen LogP contribution in [-0.4, -0.2) is 38.0 Å². The number of hydrogen-bond acceptors (Lipinski definition) is 6. The van der Waals surface area contributed by atoms with Crippen LogP contribution in [0.5, 0.6) is 0 Å². The third-order valence-corrected chi connectivity index (χ3v) is 7.62. The topological polar surface area (TPSA) is 65.1 Å². The molecule has 6 nitrogen and oxygen atoms in total. The Hall–Kier alpha value is -2.14. The van der Waals surface area contributed by atoms with Crippen LogP contribution in [0.1, 0.15) is 37.9 Å². The van der Waals surface area contributed by atoms with Crippen LogP contribution in [0, 0.1) is 0 Å². The molecule has 0 radical (unpaired) electrons. The Morgan fingerprint density at radius 1 is 1.00 bits per heavy atom. The molecule has 0 N–H and O–H groups in total. The second-order valence-electron chi connectivity index (χ2n) is 6.99. The molecule has 0 saturated heterocycles. The minimum atomic E-state index is -3.81. The molecule has 1 aliphatic rings. The smallest absolute Gasteiger partial charge is 0.347 e. The monoisotopic (exact) mass is 431 g/mol. The van der Waals surface area contributed by atoms with Gasteiger partial charge in [0.05, 0.1) is 25.9 Å². The fourth-order valence-corrected chi connectivity index (χ4v) is 6.18. The van der Waals surface area contributed by atoms with Crippen molar-refractivity contribution in [2.75, 3.05) is 31.3 Å². The number of ether oxygens (including phenoxy) is 1. The lowest BCUT2D eigenvalue weighted by Crippen LogP contribution is -2.45. The van der Waals surface area contributed by atoms with Gasteiger partial charge in [0.15, 0.2) is 5.66 Å². The van der Waals surface area contributed by atoms with Crippen LogP contribution in [0.15, 0.2) is 54.6 Å². The number of anilines is 1. The van der Waals surface area contributed by atoms with Crippen molar-refractivity contribution in [1.82, 2.24) is 0 Å². The molecule has 0 aromatic heterocycles. The zero-order chi connectivity index (χ0) is 21.6. The number of hydrogen-bond donors (Lipinski definition) is 0. The number of carbonyl (C=O) groups excluding carboxylic acids is 1. The minimum Gasteiger partial charge on any atom is -0.465 e. The number of para-hydroxylation sites is 1. The first kappa shape index (κ1) is 22.5. The van der Waals surface area contributed by atoms with E-state index >= 15 is 0 Å². The summed E-state index contributed by atoms with van der Waals surface area (Å²) in [5, 5.41) is 0. The van der Waals surface area contributed by atoms with Gasteiger partial charge in [0.2, 0.25) is 0 Å². The van der Waals surface area contributed by atoms with Gasteiger partial charge in [-0.15, -0.1) is 0 Å². The summed E-state index contributed by atoms with van der Waals surface area (Å²) < 4.78 is 30.7. The maximum absolute atomic E-state index is 13.9. The van der Waals surface area contributed by atoms with E-state index in [1.807, 2.05) is 48.5 Å². The molecule has 0 aliphatic carbocycles. The van der Waals surface area contributed by atoms with E-state index in [4.69, 9.17) is 13.8 Å². The van der Waals surface area contributed by atoms with Crippen molar-refractivity contribution in [1.29, 1.82) is 0 Å². The highest BCUT2D eigenvalue weighted by Crippen LogP contribution is 2.59. The first-order valence-electron chi connectivity index (χ1n) is 10.5. The average molecular weight is 431 g/mol. The normalized spacial score (nSPS) is 17.3. The molecule has 30 heavy (non-hydrogen) atoms. The molecule has 2 aromatic carbocycles. The van der Waals surface area contributed by atoms with Crippen molar-refractivity contribution >= 4 is 19.3 Å². The van der Waals surface area contributed by atoms with Crippen LogP contribution in [0.2, 0.25) is 0 Å². The van der Waals surface area contributed by atoms with Crippen LogP contribution in [0.25, 0.3) is 0 Å². The number of rotatable bonds is 9. The van der Waals surface area contributed by atoms with E-state index in [9.17, 15) is 9.36 Å². The van der Waals surface area contributed by atoms with Gasteiger partial charge in [-0.05, 0) is 50.5 Å². The summed E-state index contributed by atoms with van der Waals surface area (Å²) >= 11 is 0. The zero-order valence-electron chi connectivity index (χ0n) is 17.8. The van der Waals surface area contributed by atoms with E-state index in [1.165, 1.54) is 0 Å². The van der Waals surface area contributed by atoms with Gasteiger partial charge < -0.3 is 18.7 Å². The predicted octanol–water partition coefficient (Wildman–Crippen LogP) is 4.99. The van der Waals surface area contributed by atoms with Crippen molar-refractivity contribution in [3.05, 3.63) is 65.7 Å². The Morgan fingerprint density at radius 3 is 2.27 bits per heavy atom. The lowest BCUT2D eigenvalue weighted by atomic mass is 9.90. The molecule has 0 fully saturated rings. The SMILES string of the molecule is CCOC(=O)C(C1c2ccccc2CCN1c1ccccc1)P(=O)(OCC)OCC. The summed E-state index contributed by atoms with van der Waals surface area (Å²) in [6, 6.07) is 17.3. The van der Waals surface area contributed by atoms with Crippen LogP contribution >= 0.6 is 7.60 Å². The van der Waals surface area contributed by atoms with Gasteiger partial charge in [0, 0.05) is 12.2 Å². The lowest BCUT2D eigenvalue weighted by Gasteiger charge is -2.43.